The van der Waals surface area contributed by atoms with Crippen LogP contribution in [0.1, 0.15) is 69.7 Å². The number of hydrogen-bond donors (Lipinski definition) is 9. The molecule has 16 nitrogen and oxygen atoms in total. The van der Waals surface area contributed by atoms with Crippen LogP contribution in [0, 0.1) is 5.92 Å². The van der Waals surface area contributed by atoms with E-state index in [1.54, 1.807) is 13.8 Å². The maximum Gasteiger partial charge on any atom is 0.412 e. The van der Waals surface area contributed by atoms with Crippen LogP contribution in [0.25, 0.3) is 0 Å². The lowest BCUT2D eigenvalue weighted by molar-refractivity contribution is -0.140. The normalized spacial score (nSPS) is 11.0. The van der Waals surface area contributed by atoms with Gasteiger partial charge in [-0.1, -0.05) is 33.6 Å². The number of hydrogen-bond acceptors (Lipinski definition) is 10. The third-order valence-electron chi connectivity index (χ3n) is 4.68. The van der Waals surface area contributed by atoms with Crippen molar-refractivity contribution in [2.45, 2.75) is 71.4 Å². The largest absolute Gasteiger partial charge is 0.480 e. The number of primary amides is 3. The van der Waals surface area contributed by atoms with Gasteiger partial charge in [0.1, 0.15) is 12.1 Å². The number of carboxylic acid groups (broad SMARTS) is 2. The second kappa shape index (κ2) is 24.6. The zero-order valence-electron chi connectivity index (χ0n) is 23.7. The molecule has 234 valence electrons. The Morgan fingerprint density at radius 3 is 1.76 bits per heavy atom. The van der Waals surface area contributed by atoms with Crippen molar-refractivity contribution in [1.29, 1.82) is 0 Å². The summed E-state index contributed by atoms with van der Waals surface area (Å²) < 4.78 is 4.14. The first kappa shape index (κ1) is 41.0. The van der Waals surface area contributed by atoms with Gasteiger partial charge in [0, 0.05) is 18.7 Å². The number of unbranched alkanes of at least 4 members (excludes halogenated alkanes) is 2. The van der Waals surface area contributed by atoms with Gasteiger partial charge in [0.15, 0.2) is 0 Å². The van der Waals surface area contributed by atoms with Crippen molar-refractivity contribution in [1.82, 2.24) is 5.32 Å². The van der Waals surface area contributed by atoms with E-state index in [0.29, 0.717) is 31.5 Å². The number of carboxylic acids is 2. The summed E-state index contributed by atoms with van der Waals surface area (Å²) in [4.78, 5) is 61.7. The van der Waals surface area contributed by atoms with E-state index in [4.69, 9.17) is 38.9 Å². The average Bonchev–Trinajstić information content (AvgIpc) is 2.86. The number of benzene rings is 1. The Morgan fingerprint density at radius 2 is 1.41 bits per heavy atom. The Kier molecular flexibility index (Phi) is 24.6. The van der Waals surface area contributed by atoms with Crippen molar-refractivity contribution < 1.29 is 43.7 Å². The van der Waals surface area contributed by atoms with Gasteiger partial charge in [0.2, 0.25) is 5.91 Å². The summed E-state index contributed by atoms with van der Waals surface area (Å²) in [6, 6.07) is 3.75. The van der Waals surface area contributed by atoms with Crippen LogP contribution in [0.4, 0.5) is 15.3 Å². The summed E-state index contributed by atoms with van der Waals surface area (Å²) in [5.74, 6) is -2.91. The van der Waals surface area contributed by atoms with Crippen LogP contribution in [0.15, 0.2) is 24.3 Å². The number of ether oxygens (including phenoxy) is 1. The lowest BCUT2D eigenvalue weighted by atomic mass is 10.1. The molecule has 16 heteroatoms. The molecule has 0 bridgehead atoms. The van der Waals surface area contributed by atoms with Gasteiger partial charge >= 0.3 is 30.0 Å². The summed E-state index contributed by atoms with van der Waals surface area (Å²) in [6.45, 7) is 6.01. The highest BCUT2D eigenvalue weighted by molar-refractivity contribution is 5.96. The zero-order chi connectivity index (χ0) is 32.5. The van der Waals surface area contributed by atoms with E-state index in [1.807, 2.05) is 0 Å². The molecule has 0 saturated heterocycles. The van der Waals surface area contributed by atoms with Crippen LogP contribution < -0.4 is 39.7 Å². The molecule has 0 fully saturated rings. The van der Waals surface area contributed by atoms with Crippen LogP contribution in [0.3, 0.4) is 0 Å². The number of aliphatic carboxylic acids is 2. The molecule has 0 aliphatic rings. The number of rotatable bonds is 12. The summed E-state index contributed by atoms with van der Waals surface area (Å²) in [7, 11) is 0. The second-order valence-corrected chi connectivity index (χ2v) is 8.74. The van der Waals surface area contributed by atoms with Gasteiger partial charge in [-0.05, 0) is 49.4 Å². The highest BCUT2D eigenvalue weighted by Crippen LogP contribution is 2.06. The van der Waals surface area contributed by atoms with Crippen molar-refractivity contribution in [2.24, 2.45) is 34.6 Å². The van der Waals surface area contributed by atoms with E-state index in [2.05, 4.69) is 22.7 Å². The van der Waals surface area contributed by atoms with E-state index >= 15 is 0 Å². The van der Waals surface area contributed by atoms with E-state index in [0.717, 1.165) is 19.3 Å². The Labute approximate surface area is 239 Å². The van der Waals surface area contributed by atoms with Gasteiger partial charge in [-0.3, -0.25) is 14.4 Å². The molecule has 0 saturated carbocycles. The molecular formula is C25H45N7O9. The van der Waals surface area contributed by atoms with E-state index in [1.165, 1.54) is 24.3 Å². The van der Waals surface area contributed by atoms with Gasteiger partial charge in [-0.2, -0.15) is 0 Å². The fraction of sp³-hybridized carbons (Fsp3) is 0.520. The average molecular weight is 588 g/mol. The third-order valence-corrected chi connectivity index (χ3v) is 4.68. The monoisotopic (exact) mass is 587 g/mol. The van der Waals surface area contributed by atoms with Crippen LogP contribution in [-0.2, 0) is 19.1 Å². The van der Waals surface area contributed by atoms with Crippen molar-refractivity contribution in [3.8, 4) is 0 Å². The number of esters is 1. The maximum atomic E-state index is 11.0. The lowest BCUT2D eigenvalue weighted by Crippen LogP contribution is -2.34. The number of nitrogens with one attached hydrogen (secondary N) is 1. The summed E-state index contributed by atoms with van der Waals surface area (Å²) >= 11 is 0. The predicted molar refractivity (Wildman–Crippen MR) is 152 cm³/mol. The fourth-order valence-electron chi connectivity index (χ4n) is 2.26. The van der Waals surface area contributed by atoms with Gasteiger partial charge in [-0.25, -0.2) is 14.4 Å². The van der Waals surface area contributed by atoms with Crippen molar-refractivity contribution >= 4 is 41.6 Å². The highest BCUT2D eigenvalue weighted by atomic mass is 16.6. The number of urea groups is 1. The summed E-state index contributed by atoms with van der Waals surface area (Å²) in [5, 5.41) is 18.9. The molecule has 4 amide bonds. The second-order valence-electron chi connectivity index (χ2n) is 8.74. The minimum absolute atomic E-state index is 0.0208. The molecule has 2 atom stereocenters. The van der Waals surface area contributed by atoms with Crippen LogP contribution in [0.2, 0.25) is 0 Å². The molecule has 1 aromatic carbocycles. The molecule has 1 rings (SSSR count). The Balaban J connectivity index is -0.000000482. The van der Waals surface area contributed by atoms with Crippen molar-refractivity contribution in [2.75, 3.05) is 12.3 Å². The predicted octanol–water partition coefficient (Wildman–Crippen LogP) is 0.457. The molecule has 0 aromatic heterocycles. The first-order valence-corrected chi connectivity index (χ1v) is 12.6. The Bertz CT molecular complexity index is 942. The Hall–Kier alpha value is -4.44. The number of carbonyl (C=O) groups excluding carboxylic acids is 4. The smallest absolute Gasteiger partial charge is 0.412 e. The van der Waals surface area contributed by atoms with E-state index in [-0.39, 0.29) is 17.4 Å². The van der Waals surface area contributed by atoms with Crippen LogP contribution in [0.5, 0.6) is 0 Å². The zero-order valence-corrected chi connectivity index (χ0v) is 23.7. The van der Waals surface area contributed by atoms with Gasteiger partial charge < -0.3 is 54.7 Å². The number of carbonyl (C=O) groups is 6. The highest BCUT2D eigenvalue weighted by Gasteiger charge is 2.14. The topological polar surface area (TPSA) is 320 Å². The fourth-order valence-corrected chi connectivity index (χ4v) is 2.26. The molecule has 0 aliphatic carbocycles. The first-order valence-electron chi connectivity index (χ1n) is 12.6. The molecular weight excluding hydrogens is 542 g/mol. The SMILES string of the molecule is CC(C)C(N)C(=O)O.CCCCCC(N)=O.NC(=O)NCCCC(N)C(=O)O.NC(=O)OC(=O)c1ccc(N)cc1. The minimum Gasteiger partial charge on any atom is -0.480 e. The van der Waals surface area contributed by atoms with Crippen molar-refractivity contribution in [3.63, 3.8) is 0 Å². The maximum absolute atomic E-state index is 11.0. The number of nitrogen functional groups attached to an aromatic ring is 1. The van der Waals surface area contributed by atoms with Crippen LogP contribution >= 0.6 is 0 Å². The standard InChI is InChI=1S/C8H8N2O3.C6H13N3O3.C6H13NO.C5H11NO2/c9-6-3-1-5(2-4-6)7(11)13-8(10)12;7-4(5(10)11)2-1-3-9-6(8)12;1-2-3-4-5-6(7)8;1-3(2)4(6)5(7)8/h1-4H,9H2,(H2,10,12);4H,1-3,7H2,(H,10,11)(H3,8,9,12);2-5H2,1H3,(H2,7,8);3-4H,6H2,1-2H3,(H,7,8). The summed E-state index contributed by atoms with van der Waals surface area (Å²) in [6.07, 6.45) is 3.48. The molecule has 0 spiro atoms. The van der Waals surface area contributed by atoms with Gasteiger partial charge in [0.05, 0.1) is 5.56 Å². The van der Waals surface area contributed by atoms with E-state index in [9.17, 15) is 28.8 Å². The van der Waals surface area contributed by atoms with E-state index < -0.39 is 42.1 Å². The van der Waals surface area contributed by atoms with Gasteiger partial charge in [0.25, 0.3) is 0 Å². The molecule has 2 unspecified atom stereocenters. The number of anilines is 1. The first-order chi connectivity index (χ1) is 19.0. The molecule has 0 heterocycles. The number of nitrogens with two attached hydrogens (primary N) is 6. The lowest BCUT2D eigenvalue weighted by Gasteiger charge is -2.07. The van der Waals surface area contributed by atoms with Crippen LogP contribution in [-0.4, -0.2) is 64.8 Å². The molecule has 0 aliphatic heterocycles. The number of amides is 4. The molecule has 1 aromatic rings. The molecule has 15 N–H and O–H groups in total. The Morgan fingerprint density at radius 1 is 0.878 bits per heavy atom. The quantitative estimate of drug-likeness (QED) is 0.0696. The molecule has 41 heavy (non-hydrogen) atoms. The summed E-state index contributed by atoms with van der Waals surface area (Å²) in [5.41, 5.74) is 30.8. The minimum atomic E-state index is -1.12. The van der Waals surface area contributed by atoms with Crippen molar-refractivity contribution in [3.05, 3.63) is 29.8 Å². The third kappa shape index (κ3) is 28.4. The van der Waals surface area contributed by atoms with Gasteiger partial charge in [-0.15, -0.1) is 0 Å². The molecule has 0 radical (unpaired) electrons.